The SMILES string of the molecule is CCCc1ccc(NC(=O)NCCC(O)C(=O)O)cc1. The third-order valence-electron chi connectivity index (χ3n) is 2.74. The maximum absolute atomic E-state index is 11.5. The fourth-order valence-corrected chi connectivity index (χ4v) is 1.66. The van der Waals surface area contributed by atoms with Crippen LogP contribution in [0.25, 0.3) is 0 Å². The third-order valence-corrected chi connectivity index (χ3v) is 2.74. The van der Waals surface area contributed by atoms with Crippen molar-refractivity contribution in [3.05, 3.63) is 29.8 Å². The van der Waals surface area contributed by atoms with E-state index in [-0.39, 0.29) is 13.0 Å². The molecule has 6 nitrogen and oxygen atoms in total. The van der Waals surface area contributed by atoms with Crippen LogP contribution in [0.15, 0.2) is 24.3 Å². The van der Waals surface area contributed by atoms with E-state index >= 15 is 0 Å². The molecule has 0 saturated carbocycles. The van der Waals surface area contributed by atoms with Gasteiger partial charge in [0, 0.05) is 18.7 Å². The van der Waals surface area contributed by atoms with Crippen molar-refractivity contribution in [2.24, 2.45) is 0 Å². The first kappa shape index (κ1) is 16.0. The van der Waals surface area contributed by atoms with E-state index in [9.17, 15) is 9.59 Å². The normalized spacial score (nSPS) is 11.7. The number of aliphatic hydroxyl groups is 1. The first-order chi connectivity index (χ1) is 9.52. The Morgan fingerprint density at radius 1 is 1.25 bits per heavy atom. The fourth-order valence-electron chi connectivity index (χ4n) is 1.66. The van der Waals surface area contributed by atoms with Gasteiger partial charge in [-0.1, -0.05) is 25.5 Å². The lowest BCUT2D eigenvalue weighted by Crippen LogP contribution is -2.33. The van der Waals surface area contributed by atoms with Crippen molar-refractivity contribution in [1.82, 2.24) is 5.32 Å². The zero-order valence-electron chi connectivity index (χ0n) is 11.4. The lowest BCUT2D eigenvalue weighted by Gasteiger charge is -2.09. The Kier molecular flexibility index (Phi) is 6.52. The molecule has 6 heteroatoms. The van der Waals surface area contributed by atoms with E-state index in [2.05, 4.69) is 17.6 Å². The van der Waals surface area contributed by atoms with E-state index in [0.29, 0.717) is 5.69 Å². The molecular formula is C14H20N2O4. The van der Waals surface area contributed by atoms with Crippen LogP contribution in [0.1, 0.15) is 25.3 Å². The largest absolute Gasteiger partial charge is 0.479 e. The van der Waals surface area contributed by atoms with Gasteiger partial charge in [-0.05, 0) is 24.1 Å². The van der Waals surface area contributed by atoms with Crippen LogP contribution in [0, 0.1) is 0 Å². The van der Waals surface area contributed by atoms with Crippen LogP contribution in [0.4, 0.5) is 10.5 Å². The van der Waals surface area contributed by atoms with Crippen molar-refractivity contribution in [2.45, 2.75) is 32.3 Å². The van der Waals surface area contributed by atoms with Crippen molar-refractivity contribution in [2.75, 3.05) is 11.9 Å². The third kappa shape index (κ3) is 5.71. The fraction of sp³-hybridized carbons (Fsp3) is 0.429. The van der Waals surface area contributed by atoms with Gasteiger partial charge in [0.1, 0.15) is 0 Å². The minimum atomic E-state index is -1.45. The molecule has 1 aromatic carbocycles. The summed E-state index contributed by atoms with van der Waals surface area (Å²) >= 11 is 0. The monoisotopic (exact) mass is 280 g/mol. The highest BCUT2D eigenvalue weighted by Gasteiger charge is 2.12. The van der Waals surface area contributed by atoms with Gasteiger partial charge in [0.25, 0.3) is 0 Å². The molecule has 0 heterocycles. The molecule has 0 spiro atoms. The average molecular weight is 280 g/mol. The molecule has 0 bridgehead atoms. The Labute approximate surface area is 117 Å². The summed E-state index contributed by atoms with van der Waals surface area (Å²) in [5.74, 6) is -1.29. The first-order valence-corrected chi connectivity index (χ1v) is 6.57. The van der Waals surface area contributed by atoms with Gasteiger partial charge in [-0.15, -0.1) is 0 Å². The molecule has 0 fully saturated rings. The molecule has 2 amide bonds. The highest BCUT2D eigenvalue weighted by molar-refractivity contribution is 5.89. The number of carbonyl (C=O) groups excluding carboxylic acids is 1. The molecule has 1 aromatic rings. The van der Waals surface area contributed by atoms with Crippen LogP contribution in [0.2, 0.25) is 0 Å². The minimum Gasteiger partial charge on any atom is -0.479 e. The minimum absolute atomic E-state index is 0.0296. The van der Waals surface area contributed by atoms with Crippen LogP contribution < -0.4 is 10.6 Å². The highest BCUT2D eigenvalue weighted by atomic mass is 16.4. The predicted octanol–water partition coefficient (Wildman–Crippen LogP) is 1.60. The topological polar surface area (TPSA) is 98.7 Å². The van der Waals surface area contributed by atoms with Gasteiger partial charge in [0.05, 0.1) is 0 Å². The number of carboxylic acid groups (broad SMARTS) is 1. The number of carboxylic acids is 1. The number of aliphatic hydroxyl groups excluding tert-OH is 1. The summed E-state index contributed by atoms with van der Waals surface area (Å²) < 4.78 is 0. The van der Waals surface area contributed by atoms with Gasteiger partial charge in [0.2, 0.25) is 0 Å². The van der Waals surface area contributed by atoms with Gasteiger partial charge < -0.3 is 20.8 Å². The summed E-state index contributed by atoms with van der Waals surface area (Å²) in [5.41, 5.74) is 1.88. The highest BCUT2D eigenvalue weighted by Crippen LogP contribution is 2.10. The summed E-state index contributed by atoms with van der Waals surface area (Å²) in [7, 11) is 0. The molecule has 4 N–H and O–H groups in total. The van der Waals surface area contributed by atoms with Gasteiger partial charge in [0.15, 0.2) is 6.10 Å². The summed E-state index contributed by atoms with van der Waals surface area (Å²) in [6.45, 7) is 2.19. The second-order valence-corrected chi connectivity index (χ2v) is 4.47. The second-order valence-electron chi connectivity index (χ2n) is 4.47. The number of benzene rings is 1. The molecule has 0 aliphatic rings. The Morgan fingerprint density at radius 2 is 1.90 bits per heavy atom. The van der Waals surface area contributed by atoms with Gasteiger partial charge in [-0.25, -0.2) is 9.59 Å². The Hall–Kier alpha value is -2.08. The van der Waals surface area contributed by atoms with Crippen molar-refractivity contribution in [3.8, 4) is 0 Å². The number of carbonyl (C=O) groups is 2. The van der Waals surface area contributed by atoms with Crippen LogP contribution in [0.5, 0.6) is 0 Å². The first-order valence-electron chi connectivity index (χ1n) is 6.57. The molecule has 0 saturated heterocycles. The summed E-state index contributed by atoms with van der Waals surface area (Å²) in [4.78, 5) is 21.9. The maximum atomic E-state index is 11.5. The molecule has 20 heavy (non-hydrogen) atoms. The number of aryl methyl sites for hydroxylation is 1. The second kappa shape index (κ2) is 8.16. The lowest BCUT2D eigenvalue weighted by molar-refractivity contribution is -0.146. The summed E-state index contributed by atoms with van der Waals surface area (Å²) in [5, 5.41) is 22.6. The summed E-state index contributed by atoms with van der Waals surface area (Å²) in [6.07, 6.45) is 0.584. The number of amides is 2. The molecule has 1 rings (SSSR count). The van der Waals surface area contributed by atoms with Crippen molar-refractivity contribution in [1.29, 1.82) is 0 Å². The van der Waals surface area contributed by atoms with Crippen molar-refractivity contribution in [3.63, 3.8) is 0 Å². The standard InChI is InChI=1S/C14H20N2O4/c1-2-3-10-4-6-11(7-5-10)16-14(20)15-9-8-12(17)13(18)19/h4-7,12,17H,2-3,8-9H2,1H3,(H,18,19)(H2,15,16,20). The average Bonchev–Trinajstić information content (AvgIpc) is 2.41. The Bertz CT molecular complexity index is 445. The van der Waals surface area contributed by atoms with Crippen molar-refractivity contribution < 1.29 is 19.8 Å². The number of hydrogen-bond acceptors (Lipinski definition) is 3. The molecule has 1 atom stereocenters. The van der Waals surface area contributed by atoms with E-state index in [1.54, 1.807) is 0 Å². The van der Waals surface area contributed by atoms with Crippen LogP contribution >= 0.6 is 0 Å². The molecule has 0 radical (unpaired) electrons. The van der Waals surface area contributed by atoms with Crippen LogP contribution in [0.3, 0.4) is 0 Å². The Morgan fingerprint density at radius 3 is 2.45 bits per heavy atom. The van der Waals surface area contributed by atoms with Gasteiger partial charge >= 0.3 is 12.0 Å². The number of urea groups is 1. The number of anilines is 1. The number of nitrogens with one attached hydrogen (secondary N) is 2. The van der Waals surface area contributed by atoms with E-state index in [4.69, 9.17) is 10.2 Å². The molecule has 0 aliphatic carbocycles. The smallest absolute Gasteiger partial charge is 0.332 e. The zero-order valence-corrected chi connectivity index (χ0v) is 11.4. The van der Waals surface area contributed by atoms with E-state index in [1.165, 1.54) is 5.56 Å². The van der Waals surface area contributed by atoms with Crippen LogP contribution in [-0.4, -0.2) is 34.9 Å². The molecular weight excluding hydrogens is 260 g/mol. The number of aliphatic carboxylic acids is 1. The molecule has 110 valence electrons. The maximum Gasteiger partial charge on any atom is 0.332 e. The number of hydrogen-bond donors (Lipinski definition) is 4. The lowest BCUT2D eigenvalue weighted by atomic mass is 10.1. The zero-order chi connectivity index (χ0) is 15.0. The van der Waals surface area contributed by atoms with E-state index in [0.717, 1.165) is 12.8 Å². The molecule has 0 aromatic heterocycles. The summed E-state index contributed by atoms with van der Waals surface area (Å²) in [6, 6.07) is 7.11. The predicted molar refractivity (Wildman–Crippen MR) is 75.7 cm³/mol. The van der Waals surface area contributed by atoms with Gasteiger partial charge in [-0.3, -0.25) is 0 Å². The number of rotatable bonds is 7. The van der Waals surface area contributed by atoms with Crippen LogP contribution in [-0.2, 0) is 11.2 Å². The quantitative estimate of drug-likeness (QED) is 0.609. The molecule has 1 unspecified atom stereocenters. The van der Waals surface area contributed by atoms with Crippen molar-refractivity contribution >= 4 is 17.7 Å². The Balaban J connectivity index is 2.33. The van der Waals surface area contributed by atoms with E-state index in [1.807, 2.05) is 24.3 Å². The van der Waals surface area contributed by atoms with E-state index < -0.39 is 18.1 Å². The molecule has 0 aliphatic heterocycles. The van der Waals surface area contributed by atoms with Gasteiger partial charge in [-0.2, -0.15) is 0 Å².